The molecule has 0 saturated heterocycles. The fourth-order valence-corrected chi connectivity index (χ4v) is 0.830. The molecule has 0 fully saturated rings. The molecule has 0 aromatic carbocycles. The van der Waals surface area contributed by atoms with Gasteiger partial charge in [-0.15, -0.1) is 0 Å². The second-order valence-corrected chi connectivity index (χ2v) is 2.42. The van der Waals surface area contributed by atoms with E-state index in [0.717, 1.165) is 11.3 Å². The smallest absolute Gasteiger partial charge is 0.0615 e. The number of rotatable bonds is 4. The summed E-state index contributed by atoms with van der Waals surface area (Å²) in [5.74, 6) is 0. The Bertz CT molecular complexity index is 224. The second kappa shape index (κ2) is 5.35. The highest BCUT2D eigenvalue weighted by Crippen LogP contribution is 2.12. The maximum absolute atomic E-state index is 3.80. The van der Waals surface area contributed by atoms with E-state index in [0.29, 0.717) is 0 Å². The average Bonchev–Trinajstić information content (AvgIpc) is 2.11. The van der Waals surface area contributed by atoms with Gasteiger partial charge in [-0.05, 0) is 25.5 Å². The molecule has 0 unspecified atom stereocenters. The van der Waals surface area contributed by atoms with Crippen molar-refractivity contribution < 1.29 is 0 Å². The van der Waals surface area contributed by atoms with Crippen LogP contribution in [0.25, 0.3) is 0 Å². The molecule has 0 aliphatic rings. The minimum atomic E-state index is 1.02. The van der Waals surface area contributed by atoms with Gasteiger partial charge in [0.05, 0.1) is 5.70 Å². The van der Waals surface area contributed by atoms with E-state index in [1.165, 1.54) is 0 Å². The molecular formula is C10H16N2. The lowest BCUT2D eigenvalue weighted by Gasteiger charge is -2.16. The monoisotopic (exact) mass is 164 g/mol. The zero-order valence-corrected chi connectivity index (χ0v) is 8.04. The first kappa shape index (κ1) is 10.7. The van der Waals surface area contributed by atoms with E-state index in [-0.39, 0.29) is 0 Å². The summed E-state index contributed by atoms with van der Waals surface area (Å²) >= 11 is 0. The van der Waals surface area contributed by atoms with Gasteiger partial charge in [0.1, 0.15) is 0 Å². The van der Waals surface area contributed by atoms with Crippen LogP contribution in [-0.4, -0.2) is 18.8 Å². The van der Waals surface area contributed by atoms with Gasteiger partial charge < -0.3 is 0 Å². The summed E-state index contributed by atoms with van der Waals surface area (Å²) in [5, 5.41) is 5.52. The van der Waals surface area contributed by atoms with E-state index in [4.69, 9.17) is 0 Å². The fraction of sp³-hybridized carbons (Fsp3) is 0.300. The highest BCUT2D eigenvalue weighted by atomic mass is 15.4. The molecular weight excluding hydrogens is 148 g/mol. The number of nitrogens with zero attached hydrogens (tertiary/aromatic N) is 2. The third kappa shape index (κ3) is 2.74. The lowest BCUT2D eigenvalue weighted by atomic mass is 10.2. The van der Waals surface area contributed by atoms with Crippen LogP contribution in [0.1, 0.15) is 13.8 Å². The van der Waals surface area contributed by atoms with Gasteiger partial charge in [0.25, 0.3) is 0 Å². The lowest BCUT2D eigenvalue weighted by Crippen LogP contribution is -2.10. The van der Waals surface area contributed by atoms with Gasteiger partial charge in [0.15, 0.2) is 0 Å². The first-order valence-corrected chi connectivity index (χ1v) is 3.83. The highest BCUT2D eigenvalue weighted by molar-refractivity contribution is 5.32. The number of allylic oxidation sites excluding steroid dienone is 4. The molecule has 0 amide bonds. The molecule has 0 bridgehead atoms. The number of likely N-dealkylation sites (N-methyl/N-ethyl adjacent to an activating group) is 1. The third-order valence-electron chi connectivity index (χ3n) is 1.67. The molecule has 0 saturated carbocycles. The second-order valence-electron chi connectivity index (χ2n) is 2.42. The summed E-state index contributed by atoms with van der Waals surface area (Å²) in [5.41, 5.74) is 2.17. The fourth-order valence-electron chi connectivity index (χ4n) is 0.830. The van der Waals surface area contributed by atoms with E-state index in [1.54, 1.807) is 11.1 Å². The van der Waals surface area contributed by atoms with Crippen molar-refractivity contribution >= 4 is 6.72 Å². The summed E-state index contributed by atoms with van der Waals surface area (Å²) < 4.78 is 0. The van der Waals surface area contributed by atoms with Crippen molar-refractivity contribution in [2.45, 2.75) is 13.8 Å². The van der Waals surface area contributed by atoms with Crippen LogP contribution in [0.4, 0.5) is 0 Å². The Morgan fingerprint density at radius 2 is 2.08 bits per heavy atom. The molecule has 2 heteroatoms. The van der Waals surface area contributed by atoms with Crippen molar-refractivity contribution in [1.29, 1.82) is 0 Å². The van der Waals surface area contributed by atoms with Crippen molar-refractivity contribution in [2.24, 2.45) is 5.10 Å². The SMILES string of the molecule is C=C/C=C(\C(C)=C/C)N(C)N=C. The van der Waals surface area contributed by atoms with Crippen LogP contribution in [-0.2, 0) is 0 Å². The maximum Gasteiger partial charge on any atom is 0.0615 e. The van der Waals surface area contributed by atoms with Crippen LogP contribution in [0.15, 0.2) is 41.2 Å². The molecule has 0 atom stereocenters. The van der Waals surface area contributed by atoms with Crippen LogP contribution < -0.4 is 0 Å². The van der Waals surface area contributed by atoms with E-state index in [9.17, 15) is 0 Å². The minimum Gasteiger partial charge on any atom is -0.269 e. The normalized spacial score (nSPS) is 12.6. The summed E-state index contributed by atoms with van der Waals surface area (Å²) in [6.45, 7) is 11.1. The Hall–Kier alpha value is -1.31. The van der Waals surface area contributed by atoms with E-state index in [1.807, 2.05) is 33.0 Å². The van der Waals surface area contributed by atoms with E-state index >= 15 is 0 Å². The summed E-state index contributed by atoms with van der Waals surface area (Å²) in [6.07, 6.45) is 5.67. The van der Waals surface area contributed by atoms with Gasteiger partial charge in [0.2, 0.25) is 0 Å². The Labute approximate surface area is 74.6 Å². The van der Waals surface area contributed by atoms with Gasteiger partial charge in [-0.2, -0.15) is 5.10 Å². The number of hydrogen-bond donors (Lipinski definition) is 0. The topological polar surface area (TPSA) is 15.6 Å². The zero-order chi connectivity index (χ0) is 9.56. The predicted molar refractivity (Wildman–Crippen MR) is 55.0 cm³/mol. The molecule has 0 rings (SSSR count). The van der Waals surface area contributed by atoms with Crippen LogP contribution >= 0.6 is 0 Å². The van der Waals surface area contributed by atoms with E-state index < -0.39 is 0 Å². The largest absolute Gasteiger partial charge is 0.269 e. The van der Waals surface area contributed by atoms with Crippen LogP contribution in [0.2, 0.25) is 0 Å². The lowest BCUT2D eigenvalue weighted by molar-refractivity contribution is 0.458. The molecule has 0 aliphatic carbocycles. The molecule has 66 valence electrons. The number of hydrogen-bond acceptors (Lipinski definition) is 2. The summed E-state index contributed by atoms with van der Waals surface area (Å²) in [4.78, 5) is 0. The van der Waals surface area contributed by atoms with Crippen LogP contribution in [0.5, 0.6) is 0 Å². The van der Waals surface area contributed by atoms with Crippen LogP contribution in [0.3, 0.4) is 0 Å². The summed E-state index contributed by atoms with van der Waals surface area (Å²) in [6, 6.07) is 0. The van der Waals surface area contributed by atoms with Crippen molar-refractivity contribution in [1.82, 2.24) is 5.01 Å². The van der Waals surface area contributed by atoms with Crippen molar-refractivity contribution in [3.63, 3.8) is 0 Å². The maximum atomic E-state index is 3.80. The van der Waals surface area contributed by atoms with Gasteiger partial charge in [-0.3, -0.25) is 5.01 Å². The highest BCUT2D eigenvalue weighted by Gasteiger charge is 2.01. The quantitative estimate of drug-likeness (QED) is 0.354. The molecule has 0 radical (unpaired) electrons. The Kier molecular flexibility index (Phi) is 4.77. The van der Waals surface area contributed by atoms with Crippen molar-refractivity contribution in [3.8, 4) is 0 Å². The van der Waals surface area contributed by atoms with Crippen molar-refractivity contribution in [3.05, 3.63) is 36.1 Å². The minimum absolute atomic E-state index is 1.02. The van der Waals surface area contributed by atoms with Gasteiger partial charge in [-0.25, -0.2) is 0 Å². The average molecular weight is 164 g/mol. The molecule has 12 heavy (non-hydrogen) atoms. The molecule has 0 aliphatic heterocycles. The van der Waals surface area contributed by atoms with E-state index in [2.05, 4.69) is 18.4 Å². The predicted octanol–water partition coefficient (Wildman–Crippen LogP) is 2.57. The van der Waals surface area contributed by atoms with Crippen molar-refractivity contribution in [2.75, 3.05) is 7.05 Å². The first-order chi connectivity index (χ1) is 5.67. The summed E-state index contributed by atoms with van der Waals surface area (Å²) in [7, 11) is 1.86. The number of hydrazone groups is 1. The molecule has 0 aromatic heterocycles. The third-order valence-corrected chi connectivity index (χ3v) is 1.67. The Morgan fingerprint density at radius 1 is 1.50 bits per heavy atom. The molecule has 0 heterocycles. The Morgan fingerprint density at radius 3 is 2.42 bits per heavy atom. The van der Waals surface area contributed by atoms with Gasteiger partial charge in [-0.1, -0.05) is 18.7 Å². The molecule has 0 spiro atoms. The van der Waals surface area contributed by atoms with Gasteiger partial charge in [0, 0.05) is 13.8 Å². The first-order valence-electron chi connectivity index (χ1n) is 3.83. The Balaban J connectivity index is 4.78. The van der Waals surface area contributed by atoms with Crippen LogP contribution in [0, 0.1) is 0 Å². The zero-order valence-electron chi connectivity index (χ0n) is 8.04. The molecule has 2 nitrogen and oxygen atoms in total. The molecule has 0 aromatic rings. The van der Waals surface area contributed by atoms with Gasteiger partial charge >= 0.3 is 0 Å². The molecule has 0 N–H and O–H groups in total. The standard InChI is InChI=1S/C10H16N2/c1-6-8-10(9(3)7-2)12(5)11-4/h6-8H,1,4H2,2-3,5H3/b9-7-,10-8+.